The second-order valence-corrected chi connectivity index (χ2v) is 5.66. The number of rotatable bonds is 4. The molecule has 20 heavy (non-hydrogen) atoms. The van der Waals surface area contributed by atoms with E-state index in [0.717, 1.165) is 24.8 Å². The van der Waals surface area contributed by atoms with Crippen molar-refractivity contribution in [1.82, 2.24) is 15.2 Å². The van der Waals surface area contributed by atoms with Crippen molar-refractivity contribution >= 4 is 18.2 Å². The first kappa shape index (κ1) is 15.5. The van der Waals surface area contributed by atoms with Crippen LogP contribution in [0.5, 0.6) is 0 Å². The summed E-state index contributed by atoms with van der Waals surface area (Å²) in [6.07, 6.45) is 4.61. The van der Waals surface area contributed by atoms with Crippen LogP contribution < -0.4 is 10.2 Å². The zero-order chi connectivity index (χ0) is 12.9. The molecule has 0 aliphatic carbocycles. The fraction of sp³-hybridized carbons (Fsp3) is 0.667. The third-order valence-corrected chi connectivity index (χ3v) is 4.36. The van der Waals surface area contributed by atoms with Crippen molar-refractivity contribution < 1.29 is 0 Å². The molecule has 4 nitrogen and oxygen atoms in total. The number of halogens is 1. The van der Waals surface area contributed by atoms with Crippen LogP contribution in [-0.2, 0) is 0 Å². The lowest BCUT2D eigenvalue weighted by atomic mass is 10.0. The maximum Gasteiger partial charge on any atom is 0.128 e. The number of hydrogen-bond acceptors (Lipinski definition) is 4. The summed E-state index contributed by atoms with van der Waals surface area (Å²) in [5.74, 6) is 2.04. The summed E-state index contributed by atoms with van der Waals surface area (Å²) >= 11 is 0. The van der Waals surface area contributed by atoms with Gasteiger partial charge in [0.2, 0.25) is 0 Å². The monoisotopic (exact) mass is 296 g/mol. The Morgan fingerprint density at radius 1 is 1.20 bits per heavy atom. The van der Waals surface area contributed by atoms with Crippen LogP contribution in [0.2, 0.25) is 0 Å². The third kappa shape index (κ3) is 4.08. The molecule has 0 bridgehead atoms. The maximum absolute atomic E-state index is 4.44. The van der Waals surface area contributed by atoms with Gasteiger partial charge in [-0.2, -0.15) is 0 Å². The second-order valence-electron chi connectivity index (χ2n) is 5.66. The Morgan fingerprint density at radius 2 is 2.05 bits per heavy atom. The van der Waals surface area contributed by atoms with E-state index in [1.807, 2.05) is 12.3 Å². The van der Waals surface area contributed by atoms with Crippen molar-refractivity contribution in [3.63, 3.8) is 0 Å². The normalized spacial score (nSPS) is 23.6. The van der Waals surface area contributed by atoms with E-state index in [-0.39, 0.29) is 12.4 Å². The Kier molecular flexibility index (Phi) is 6.07. The van der Waals surface area contributed by atoms with E-state index in [0.29, 0.717) is 0 Å². The summed E-state index contributed by atoms with van der Waals surface area (Å²) in [7, 11) is 0. The number of nitrogens with one attached hydrogen (secondary N) is 1. The van der Waals surface area contributed by atoms with Crippen molar-refractivity contribution in [2.24, 2.45) is 5.92 Å². The van der Waals surface area contributed by atoms with E-state index in [9.17, 15) is 0 Å². The first-order valence-electron chi connectivity index (χ1n) is 7.51. The topological polar surface area (TPSA) is 31.4 Å². The summed E-state index contributed by atoms with van der Waals surface area (Å²) in [5.41, 5.74) is 0. The number of anilines is 1. The molecule has 2 fully saturated rings. The van der Waals surface area contributed by atoms with Crippen LogP contribution in [0, 0.1) is 5.92 Å². The smallest absolute Gasteiger partial charge is 0.128 e. The standard InChI is InChI=1S/C15H24N4.ClH/c1-2-6-17-15(3-1)19-11-9-18(10-12-19)8-5-14-4-7-16-13-14;/h1-3,6,14,16H,4-5,7-13H2;1H. The first-order chi connectivity index (χ1) is 9.42. The molecule has 0 saturated carbocycles. The second kappa shape index (κ2) is 7.81. The Balaban J connectivity index is 0.00000147. The van der Waals surface area contributed by atoms with E-state index in [1.165, 1.54) is 45.6 Å². The summed E-state index contributed by atoms with van der Waals surface area (Å²) in [6, 6.07) is 6.16. The Bertz CT molecular complexity index is 373. The van der Waals surface area contributed by atoms with Gasteiger partial charge in [0.25, 0.3) is 0 Å². The van der Waals surface area contributed by atoms with E-state index in [4.69, 9.17) is 0 Å². The van der Waals surface area contributed by atoms with E-state index < -0.39 is 0 Å². The van der Waals surface area contributed by atoms with Crippen molar-refractivity contribution in [2.75, 3.05) is 50.7 Å². The highest BCUT2D eigenvalue weighted by molar-refractivity contribution is 5.85. The SMILES string of the molecule is Cl.c1ccc(N2CCN(CCC3CCNC3)CC2)nc1. The third-order valence-electron chi connectivity index (χ3n) is 4.36. The van der Waals surface area contributed by atoms with E-state index >= 15 is 0 Å². The highest BCUT2D eigenvalue weighted by atomic mass is 35.5. The molecule has 1 aromatic rings. The molecule has 2 saturated heterocycles. The number of piperazine rings is 1. The van der Waals surface area contributed by atoms with Gasteiger partial charge in [0.1, 0.15) is 5.82 Å². The Hall–Kier alpha value is -0.840. The summed E-state index contributed by atoms with van der Waals surface area (Å²) in [5, 5.41) is 3.45. The number of aromatic nitrogens is 1. The largest absolute Gasteiger partial charge is 0.354 e. The van der Waals surface area contributed by atoms with Crippen LogP contribution in [0.1, 0.15) is 12.8 Å². The summed E-state index contributed by atoms with van der Waals surface area (Å²) in [4.78, 5) is 9.44. The van der Waals surface area contributed by atoms with Gasteiger partial charge in [0.15, 0.2) is 0 Å². The minimum atomic E-state index is 0. The molecule has 1 unspecified atom stereocenters. The molecule has 0 radical (unpaired) electrons. The van der Waals surface area contributed by atoms with Crippen LogP contribution in [-0.4, -0.2) is 55.7 Å². The van der Waals surface area contributed by atoms with Gasteiger partial charge in [0.05, 0.1) is 0 Å². The molecule has 3 heterocycles. The van der Waals surface area contributed by atoms with Crippen LogP contribution in [0.25, 0.3) is 0 Å². The average Bonchev–Trinajstić information content (AvgIpc) is 3.00. The molecule has 2 aliphatic rings. The van der Waals surface area contributed by atoms with Gasteiger partial charge in [-0.15, -0.1) is 12.4 Å². The number of pyridine rings is 1. The van der Waals surface area contributed by atoms with Gasteiger partial charge in [-0.1, -0.05) is 6.07 Å². The molecule has 112 valence electrons. The predicted molar refractivity (Wildman–Crippen MR) is 85.7 cm³/mol. The van der Waals surface area contributed by atoms with Crippen LogP contribution in [0.15, 0.2) is 24.4 Å². The minimum absolute atomic E-state index is 0. The average molecular weight is 297 g/mol. The molecule has 0 spiro atoms. The lowest BCUT2D eigenvalue weighted by molar-refractivity contribution is 0.240. The van der Waals surface area contributed by atoms with E-state index in [1.54, 1.807) is 0 Å². The van der Waals surface area contributed by atoms with Crippen molar-refractivity contribution in [3.8, 4) is 0 Å². The molecule has 0 aromatic carbocycles. The molecule has 1 N–H and O–H groups in total. The van der Waals surface area contributed by atoms with Crippen molar-refractivity contribution in [1.29, 1.82) is 0 Å². The lowest BCUT2D eigenvalue weighted by Crippen LogP contribution is -2.47. The Labute approximate surface area is 128 Å². The van der Waals surface area contributed by atoms with Gasteiger partial charge in [-0.05, 0) is 50.5 Å². The molecule has 1 atom stereocenters. The highest BCUT2D eigenvalue weighted by Crippen LogP contribution is 2.15. The van der Waals surface area contributed by atoms with Crippen molar-refractivity contribution in [3.05, 3.63) is 24.4 Å². The summed E-state index contributed by atoms with van der Waals surface area (Å²) in [6.45, 7) is 8.29. The van der Waals surface area contributed by atoms with E-state index in [2.05, 4.69) is 32.2 Å². The first-order valence-corrected chi connectivity index (χ1v) is 7.51. The molecule has 1 aromatic heterocycles. The lowest BCUT2D eigenvalue weighted by Gasteiger charge is -2.35. The van der Waals surface area contributed by atoms with Crippen LogP contribution in [0.3, 0.4) is 0 Å². The zero-order valence-electron chi connectivity index (χ0n) is 12.0. The molecular weight excluding hydrogens is 272 g/mol. The van der Waals surface area contributed by atoms with Crippen LogP contribution >= 0.6 is 12.4 Å². The molecule has 0 amide bonds. The molecule has 3 rings (SSSR count). The molecular formula is C15H25ClN4. The maximum atomic E-state index is 4.44. The fourth-order valence-electron chi connectivity index (χ4n) is 3.07. The van der Waals surface area contributed by atoms with Gasteiger partial charge < -0.3 is 10.2 Å². The van der Waals surface area contributed by atoms with Crippen molar-refractivity contribution in [2.45, 2.75) is 12.8 Å². The zero-order valence-corrected chi connectivity index (χ0v) is 12.8. The molecule has 5 heteroatoms. The van der Waals surface area contributed by atoms with Gasteiger partial charge in [0, 0.05) is 32.4 Å². The summed E-state index contributed by atoms with van der Waals surface area (Å²) < 4.78 is 0. The predicted octanol–water partition coefficient (Wildman–Crippen LogP) is 1.62. The van der Waals surface area contributed by atoms with Gasteiger partial charge >= 0.3 is 0 Å². The molecule has 2 aliphatic heterocycles. The number of nitrogens with zero attached hydrogens (tertiary/aromatic N) is 3. The van der Waals surface area contributed by atoms with Gasteiger partial charge in [-0.25, -0.2) is 4.98 Å². The Morgan fingerprint density at radius 3 is 2.70 bits per heavy atom. The fourth-order valence-corrected chi connectivity index (χ4v) is 3.07. The van der Waals surface area contributed by atoms with Crippen LogP contribution in [0.4, 0.5) is 5.82 Å². The minimum Gasteiger partial charge on any atom is -0.354 e. The highest BCUT2D eigenvalue weighted by Gasteiger charge is 2.20. The quantitative estimate of drug-likeness (QED) is 0.915. The number of hydrogen-bond donors (Lipinski definition) is 1. The van der Waals surface area contributed by atoms with Gasteiger partial charge in [-0.3, -0.25) is 4.90 Å².